The van der Waals surface area contributed by atoms with Crippen LogP contribution in [0.15, 0.2) is 29.2 Å². The number of amides is 1. The van der Waals surface area contributed by atoms with Crippen LogP contribution in [0.25, 0.3) is 6.08 Å². The summed E-state index contributed by atoms with van der Waals surface area (Å²) in [7, 11) is 0. The second kappa shape index (κ2) is 8.30. The zero-order valence-electron chi connectivity index (χ0n) is 13.5. The van der Waals surface area contributed by atoms with E-state index in [4.69, 9.17) is 17.0 Å². The van der Waals surface area contributed by atoms with Crippen molar-refractivity contribution in [3.05, 3.63) is 34.7 Å². The summed E-state index contributed by atoms with van der Waals surface area (Å²) < 4.78 is 5.67. The molecule has 0 aliphatic carbocycles. The highest BCUT2D eigenvalue weighted by Crippen LogP contribution is 2.35. The number of carboxylic acid groups (broad SMARTS) is 1. The van der Waals surface area contributed by atoms with Gasteiger partial charge in [-0.05, 0) is 37.1 Å². The minimum atomic E-state index is -1.03. The molecule has 1 aliphatic rings. The van der Waals surface area contributed by atoms with Crippen molar-refractivity contribution in [3.8, 4) is 5.75 Å². The molecule has 0 saturated carbocycles. The summed E-state index contributed by atoms with van der Waals surface area (Å²) in [5, 5.41) is 9.36. The highest BCUT2D eigenvalue weighted by molar-refractivity contribution is 8.26. The normalized spacial score (nSPS) is 17.4. The average Bonchev–Trinajstić information content (AvgIpc) is 2.81. The lowest BCUT2D eigenvalue weighted by molar-refractivity contribution is -0.145. The van der Waals surface area contributed by atoms with Gasteiger partial charge in [-0.2, -0.15) is 0 Å². The molecule has 0 radical (unpaired) electrons. The van der Waals surface area contributed by atoms with Gasteiger partial charge >= 0.3 is 5.97 Å². The number of benzene rings is 1. The third-order valence-corrected chi connectivity index (χ3v) is 4.80. The minimum absolute atomic E-state index is 0.290. The van der Waals surface area contributed by atoms with E-state index in [0.717, 1.165) is 23.1 Å². The summed E-state index contributed by atoms with van der Waals surface area (Å²) in [4.78, 5) is 25.7. The third-order valence-electron chi connectivity index (χ3n) is 3.47. The molecule has 0 spiro atoms. The highest BCUT2D eigenvalue weighted by atomic mass is 32.2. The van der Waals surface area contributed by atoms with Gasteiger partial charge in [0.05, 0.1) is 11.5 Å². The first-order chi connectivity index (χ1) is 11.5. The van der Waals surface area contributed by atoms with E-state index in [0.29, 0.717) is 24.4 Å². The van der Waals surface area contributed by atoms with Crippen LogP contribution >= 0.6 is 24.0 Å². The third kappa shape index (κ3) is 4.15. The first-order valence-electron chi connectivity index (χ1n) is 7.70. The minimum Gasteiger partial charge on any atom is -0.494 e. The molecule has 7 heteroatoms. The average molecular weight is 365 g/mol. The lowest BCUT2D eigenvalue weighted by Crippen LogP contribution is -2.43. The van der Waals surface area contributed by atoms with E-state index >= 15 is 0 Å². The van der Waals surface area contributed by atoms with Gasteiger partial charge in [0.25, 0.3) is 5.91 Å². The zero-order chi connectivity index (χ0) is 17.7. The number of thioether (sulfide) groups is 1. The summed E-state index contributed by atoms with van der Waals surface area (Å²) >= 11 is 6.36. The van der Waals surface area contributed by atoms with Crippen LogP contribution in [0, 0.1) is 0 Å². The zero-order valence-corrected chi connectivity index (χ0v) is 15.2. The number of rotatable bonds is 7. The fourth-order valence-corrected chi connectivity index (χ4v) is 3.72. The molecule has 1 aromatic carbocycles. The monoisotopic (exact) mass is 365 g/mol. The van der Waals surface area contributed by atoms with Gasteiger partial charge in [-0.3, -0.25) is 9.69 Å². The first kappa shape index (κ1) is 18.5. The van der Waals surface area contributed by atoms with E-state index in [-0.39, 0.29) is 10.2 Å². The molecule has 1 aromatic rings. The van der Waals surface area contributed by atoms with Crippen LogP contribution in [-0.2, 0) is 9.59 Å². The van der Waals surface area contributed by atoms with Crippen molar-refractivity contribution in [1.29, 1.82) is 0 Å². The van der Waals surface area contributed by atoms with Crippen LogP contribution in [0.4, 0.5) is 0 Å². The Morgan fingerprint density at radius 2 is 2.04 bits per heavy atom. The molecule has 1 amide bonds. The van der Waals surface area contributed by atoms with Gasteiger partial charge in [0.2, 0.25) is 0 Å². The number of hydrogen-bond donors (Lipinski definition) is 1. The fraction of sp³-hybridized carbons (Fsp3) is 0.353. The van der Waals surface area contributed by atoms with Gasteiger partial charge in [0, 0.05) is 0 Å². The Hall–Kier alpha value is -1.86. The molecule has 24 heavy (non-hydrogen) atoms. The Morgan fingerprint density at radius 3 is 2.58 bits per heavy atom. The summed E-state index contributed by atoms with van der Waals surface area (Å²) in [5.41, 5.74) is 0.835. The summed E-state index contributed by atoms with van der Waals surface area (Å²) in [5.74, 6) is -0.619. The van der Waals surface area contributed by atoms with E-state index in [2.05, 4.69) is 0 Å². The Labute approximate surface area is 150 Å². The number of aliphatic carboxylic acids is 1. The molecule has 1 saturated heterocycles. The molecule has 5 nitrogen and oxygen atoms in total. The molecular weight excluding hydrogens is 346 g/mol. The van der Waals surface area contributed by atoms with Crippen molar-refractivity contribution in [2.45, 2.75) is 32.7 Å². The first-order valence-corrected chi connectivity index (χ1v) is 8.93. The second-order valence-corrected chi connectivity index (χ2v) is 6.87. The topological polar surface area (TPSA) is 66.8 Å². The smallest absolute Gasteiger partial charge is 0.326 e. The molecule has 1 atom stereocenters. The second-order valence-electron chi connectivity index (χ2n) is 5.20. The van der Waals surface area contributed by atoms with Gasteiger partial charge in [-0.25, -0.2) is 4.79 Å². The Kier molecular flexibility index (Phi) is 6.39. The van der Waals surface area contributed by atoms with Crippen LogP contribution < -0.4 is 4.74 Å². The number of nitrogens with zero attached hydrogens (tertiary/aromatic N) is 1. The molecule has 128 valence electrons. The maximum Gasteiger partial charge on any atom is 0.326 e. The van der Waals surface area contributed by atoms with Crippen LogP contribution in [-0.4, -0.2) is 38.9 Å². The number of carbonyl (C=O) groups is 2. The van der Waals surface area contributed by atoms with Gasteiger partial charge in [0.1, 0.15) is 16.1 Å². The molecule has 1 heterocycles. The van der Waals surface area contributed by atoms with Gasteiger partial charge in [-0.15, -0.1) is 0 Å². The van der Waals surface area contributed by atoms with Gasteiger partial charge < -0.3 is 9.84 Å². The molecule has 1 fully saturated rings. The van der Waals surface area contributed by atoms with Crippen LogP contribution in [0.2, 0.25) is 0 Å². The molecule has 1 aliphatic heterocycles. The molecule has 2 rings (SSSR count). The van der Waals surface area contributed by atoms with Crippen LogP contribution in [0.5, 0.6) is 5.75 Å². The predicted molar refractivity (Wildman–Crippen MR) is 99.0 cm³/mol. The van der Waals surface area contributed by atoms with Crippen LogP contribution in [0.3, 0.4) is 0 Å². The lowest BCUT2D eigenvalue weighted by Gasteiger charge is -2.22. The van der Waals surface area contributed by atoms with E-state index in [1.807, 2.05) is 38.1 Å². The van der Waals surface area contributed by atoms with Crippen molar-refractivity contribution in [3.63, 3.8) is 0 Å². The fourth-order valence-electron chi connectivity index (χ4n) is 2.36. The molecule has 1 unspecified atom stereocenters. The van der Waals surface area contributed by atoms with Crippen molar-refractivity contribution >= 4 is 46.3 Å². The van der Waals surface area contributed by atoms with Gasteiger partial charge in [0.15, 0.2) is 0 Å². The molecule has 0 bridgehead atoms. The van der Waals surface area contributed by atoms with Crippen molar-refractivity contribution in [2.24, 2.45) is 0 Å². The Balaban J connectivity index is 2.22. The number of hydrogen-bond acceptors (Lipinski definition) is 5. The van der Waals surface area contributed by atoms with E-state index in [1.54, 1.807) is 6.08 Å². The highest BCUT2D eigenvalue weighted by Gasteiger charge is 2.39. The number of ether oxygens (including phenoxy) is 1. The van der Waals surface area contributed by atoms with Crippen molar-refractivity contribution in [1.82, 2.24) is 4.90 Å². The Morgan fingerprint density at radius 1 is 1.38 bits per heavy atom. The summed E-state index contributed by atoms with van der Waals surface area (Å²) in [6.07, 6.45) is 2.75. The van der Waals surface area contributed by atoms with Crippen molar-refractivity contribution in [2.75, 3.05) is 6.61 Å². The van der Waals surface area contributed by atoms with E-state index in [9.17, 15) is 14.7 Å². The van der Waals surface area contributed by atoms with E-state index < -0.39 is 12.0 Å². The standard InChI is InChI=1S/C17H19NO4S2/c1-3-5-13(16(20)21)18-15(19)14(24-17(18)23)10-11-6-8-12(9-7-11)22-4-2/h6-10,13H,3-5H2,1-2H3,(H,20,21). The number of thiocarbonyl (C=S) groups is 1. The molecular formula is C17H19NO4S2. The Bertz CT molecular complexity index is 670. The number of carboxylic acids is 1. The number of carbonyl (C=O) groups excluding carboxylic acids is 1. The summed E-state index contributed by atoms with van der Waals surface area (Å²) in [6.45, 7) is 4.38. The molecule has 0 aromatic heterocycles. The maximum absolute atomic E-state index is 12.6. The maximum atomic E-state index is 12.6. The lowest BCUT2D eigenvalue weighted by atomic mass is 10.1. The van der Waals surface area contributed by atoms with Gasteiger partial charge in [-0.1, -0.05) is 49.5 Å². The summed E-state index contributed by atoms with van der Waals surface area (Å²) in [6, 6.07) is 6.44. The quantitative estimate of drug-likeness (QED) is 0.589. The molecule has 1 N–H and O–H groups in total. The van der Waals surface area contributed by atoms with E-state index in [1.165, 1.54) is 4.90 Å². The SMILES string of the molecule is CCCC(C(=O)O)N1C(=O)C(=Cc2ccc(OCC)cc2)SC1=S. The predicted octanol–water partition coefficient (Wildman–Crippen LogP) is 3.54. The largest absolute Gasteiger partial charge is 0.494 e. The van der Waals surface area contributed by atoms with Crippen molar-refractivity contribution < 1.29 is 19.4 Å². The van der Waals surface area contributed by atoms with Crippen LogP contribution in [0.1, 0.15) is 32.3 Å².